The van der Waals surface area contributed by atoms with Crippen molar-refractivity contribution in [3.05, 3.63) is 22.2 Å². The Hall–Kier alpha value is -1.01. The van der Waals surface area contributed by atoms with Crippen molar-refractivity contribution in [2.24, 2.45) is 0 Å². The molecular formula is C8H11N3O2S. The Morgan fingerprint density at radius 2 is 2.57 bits per heavy atom. The maximum atomic E-state index is 11.1. The minimum Gasteiger partial charge on any atom is -0.383 e. The number of rotatable bonds is 1. The second-order valence-electron chi connectivity index (χ2n) is 2.99. The quantitative estimate of drug-likeness (QED) is 0.694. The van der Waals surface area contributed by atoms with Crippen molar-refractivity contribution in [1.82, 2.24) is 9.97 Å². The maximum absolute atomic E-state index is 11.1. The van der Waals surface area contributed by atoms with Gasteiger partial charge in [0, 0.05) is 17.6 Å². The standard InChI is InChI=1S/C8H11N3O2S/c9-6-3-7(12)11-8(10-6)5-4-14-2-1-13-5/h3,5H,1-2,4H2,(H3,9,10,11,12). The first-order valence-electron chi connectivity index (χ1n) is 4.32. The number of nitrogens with zero attached hydrogens (tertiary/aromatic N) is 1. The van der Waals surface area contributed by atoms with Gasteiger partial charge >= 0.3 is 0 Å². The lowest BCUT2D eigenvalue weighted by molar-refractivity contribution is 0.0693. The second kappa shape index (κ2) is 4.02. The van der Waals surface area contributed by atoms with Gasteiger partial charge in [0.05, 0.1) is 6.61 Å². The van der Waals surface area contributed by atoms with E-state index in [2.05, 4.69) is 9.97 Å². The highest BCUT2D eigenvalue weighted by Gasteiger charge is 2.18. The van der Waals surface area contributed by atoms with Crippen molar-refractivity contribution >= 4 is 17.6 Å². The Morgan fingerprint density at radius 3 is 3.21 bits per heavy atom. The third kappa shape index (κ3) is 2.08. The molecule has 76 valence electrons. The van der Waals surface area contributed by atoms with E-state index in [1.165, 1.54) is 6.07 Å². The highest BCUT2D eigenvalue weighted by Crippen LogP contribution is 2.23. The molecule has 1 atom stereocenters. The Labute approximate surface area is 85.1 Å². The molecule has 0 aromatic carbocycles. The molecule has 1 unspecified atom stereocenters. The summed E-state index contributed by atoms with van der Waals surface area (Å²) < 4.78 is 5.46. The van der Waals surface area contributed by atoms with Crippen molar-refractivity contribution in [2.45, 2.75) is 6.10 Å². The van der Waals surface area contributed by atoms with Crippen LogP contribution in [0.15, 0.2) is 10.9 Å². The summed E-state index contributed by atoms with van der Waals surface area (Å²) in [4.78, 5) is 17.8. The van der Waals surface area contributed by atoms with Gasteiger partial charge in [0.2, 0.25) is 0 Å². The van der Waals surface area contributed by atoms with Crippen molar-refractivity contribution < 1.29 is 4.74 Å². The van der Waals surface area contributed by atoms with Gasteiger partial charge in [-0.3, -0.25) is 4.79 Å². The molecule has 2 heterocycles. The molecule has 1 saturated heterocycles. The van der Waals surface area contributed by atoms with E-state index >= 15 is 0 Å². The van der Waals surface area contributed by atoms with Gasteiger partial charge in [-0.15, -0.1) is 0 Å². The van der Waals surface area contributed by atoms with Crippen LogP contribution in [0.4, 0.5) is 5.82 Å². The van der Waals surface area contributed by atoms with E-state index in [9.17, 15) is 4.79 Å². The van der Waals surface area contributed by atoms with Crippen molar-refractivity contribution in [3.8, 4) is 0 Å². The highest BCUT2D eigenvalue weighted by molar-refractivity contribution is 7.99. The summed E-state index contributed by atoms with van der Waals surface area (Å²) in [7, 11) is 0. The van der Waals surface area contributed by atoms with Crippen molar-refractivity contribution in [3.63, 3.8) is 0 Å². The van der Waals surface area contributed by atoms with Gasteiger partial charge < -0.3 is 15.5 Å². The molecule has 2 rings (SSSR count). The molecule has 1 aliphatic rings. The summed E-state index contributed by atoms with van der Waals surface area (Å²) in [6, 6.07) is 1.26. The number of nitrogens with two attached hydrogens (primary N) is 1. The number of nitrogen functional groups attached to an aromatic ring is 1. The number of nitrogens with one attached hydrogen (secondary N) is 1. The molecule has 5 nitrogen and oxygen atoms in total. The van der Waals surface area contributed by atoms with Crippen LogP contribution in [0.5, 0.6) is 0 Å². The first-order chi connectivity index (χ1) is 6.75. The number of aromatic nitrogens is 2. The third-order valence-corrected chi connectivity index (χ3v) is 2.89. The fraction of sp³-hybridized carbons (Fsp3) is 0.500. The SMILES string of the molecule is Nc1cc(=O)[nH]c(C2CSCCO2)n1. The number of thioether (sulfide) groups is 1. The smallest absolute Gasteiger partial charge is 0.253 e. The topological polar surface area (TPSA) is 81.0 Å². The Balaban J connectivity index is 2.26. The van der Waals surface area contributed by atoms with E-state index in [4.69, 9.17) is 10.5 Å². The van der Waals surface area contributed by atoms with Gasteiger partial charge in [-0.25, -0.2) is 4.98 Å². The minimum absolute atomic E-state index is 0.134. The van der Waals surface area contributed by atoms with Crippen LogP contribution in [0.25, 0.3) is 0 Å². The highest BCUT2D eigenvalue weighted by atomic mass is 32.2. The molecule has 0 saturated carbocycles. The normalized spacial score (nSPS) is 22.1. The maximum Gasteiger partial charge on any atom is 0.253 e. The van der Waals surface area contributed by atoms with Crippen LogP contribution >= 0.6 is 11.8 Å². The number of H-pyrrole nitrogens is 1. The molecule has 0 spiro atoms. The van der Waals surface area contributed by atoms with Crippen LogP contribution in [0.1, 0.15) is 11.9 Å². The van der Waals surface area contributed by atoms with E-state index in [1.807, 2.05) is 0 Å². The fourth-order valence-corrected chi connectivity index (χ4v) is 2.14. The van der Waals surface area contributed by atoms with Crippen molar-refractivity contribution in [1.29, 1.82) is 0 Å². The lowest BCUT2D eigenvalue weighted by Gasteiger charge is -2.21. The van der Waals surface area contributed by atoms with Gasteiger partial charge in [-0.2, -0.15) is 11.8 Å². The zero-order valence-electron chi connectivity index (χ0n) is 7.53. The molecule has 0 aliphatic carbocycles. The molecular weight excluding hydrogens is 202 g/mol. The van der Waals surface area contributed by atoms with E-state index in [1.54, 1.807) is 11.8 Å². The van der Waals surface area contributed by atoms with Crippen LogP contribution in [0.3, 0.4) is 0 Å². The van der Waals surface area contributed by atoms with E-state index in [0.29, 0.717) is 12.4 Å². The monoisotopic (exact) mass is 213 g/mol. The summed E-state index contributed by atoms with van der Waals surface area (Å²) in [5.41, 5.74) is 5.24. The van der Waals surface area contributed by atoms with Gasteiger partial charge in [0.1, 0.15) is 17.7 Å². The number of anilines is 1. The molecule has 1 aliphatic heterocycles. The first-order valence-corrected chi connectivity index (χ1v) is 5.47. The van der Waals surface area contributed by atoms with Crippen LogP contribution in [0, 0.1) is 0 Å². The molecule has 6 heteroatoms. The van der Waals surface area contributed by atoms with Crippen LogP contribution in [-0.4, -0.2) is 28.1 Å². The largest absolute Gasteiger partial charge is 0.383 e. The first kappa shape index (κ1) is 9.54. The van der Waals surface area contributed by atoms with Crippen LogP contribution in [0.2, 0.25) is 0 Å². The van der Waals surface area contributed by atoms with E-state index in [0.717, 1.165) is 11.5 Å². The van der Waals surface area contributed by atoms with E-state index in [-0.39, 0.29) is 17.5 Å². The molecule has 0 bridgehead atoms. The molecule has 1 aromatic heterocycles. The third-order valence-electron chi connectivity index (χ3n) is 1.90. The average molecular weight is 213 g/mol. The van der Waals surface area contributed by atoms with Gasteiger partial charge in [-0.1, -0.05) is 0 Å². The fourth-order valence-electron chi connectivity index (χ4n) is 1.29. The lowest BCUT2D eigenvalue weighted by atomic mass is 10.3. The van der Waals surface area contributed by atoms with Gasteiger partial charge in [-0.05, 0) is 0 Å². The summed E-state index contributed by atoms with van der Waals surface area (Å²) in [5.74, 6) is 2.57. The average Bonchev–Trinajstić information content (AvgIpc) is 2.18. The predicted molar refractivity (Wildman–Crippen MR) is 55.3 cm³/mol. The van der Waals surface area contributed by atoms with Gasteiger partial charge in [0.15, 0.2) is 0 Å². The summed E-state index contributed by atoms with van der Waals surface area (Å²) >= 11 is 1.78. The van der Waals surface area contributed by atoms with Crippen LogP contribution < -0.4 is 11.3 Å². The summed E-state index contributed by atoms with van der Waals surface area (Å²) in [6.07, 6.45) is -0.134. The number of hydrogen-bond acceptors (Lipinski definition) is 5. The molecule has 1 aromatic rings. The predicted octanol–water partition coefficient (Wildman–Crippen LogP) is 0.157. The molecule has 0 radical (unpaired) electrons. The lowest BCUT2D eigenvalue weighted by Crippen LogP contribution is -2.22. The molecule has 14 heavy (non-hydrogen) atoms. The van der Waals surface area contributed by atoms with E-state index < -0.39 is 0 Å². The summed E-state index contributed by atoms with van der Waals surface area (Å²) in [5, 5.41) is 0. The van der Waals surface area contributed by atoms with Gasteiger partial charge in [0.25, 0.3) is 5.56 Å². The Kier molecular flexibility index (Phi) is 2.74. The number of ether oxygens (including phenoxy) is 1. The van der Waals surface area contributed by atoms with Crippen molar-refractivity contribution in [2.75, 3.05) is 23.8 Å². The molecule has 3 N–H and O–H groups in total. The Bertz CT molecular complexity index is 373. The number of hydrogen-bond donors (Lipinski definition) is 2. The zero-order valence-corrected chi connectivity index (χ0v) is 8.34. The summed E-state index contributed by atoms with van der Waals surface area (Å²) in [6.45, 7) is 0.688. The molecule has 0 amide bonds. The molecule has 1 fully saturated rings. The zero-order chi connectivity index (χ0) is 9.97. The Morgan fingerprint density at radius 1 is 1.71 bits per heavy atom. The minimum atomic E-state index is -0.230. The second-order valence-corrected chi connectivity index (χ2v) is 4.14. The number of aromatic amines is 1. The van der Waals surface area contributed by atoms with Crippen LogP contribution in [-0.2, 0) is 4.74 Å².